The Labute approximate surface area is 92.8 Å². The Balaban J connectivity index is 2.90. The summed E-state index contributed by atoms with van der Waals surface area (Å²) in [5, 5.41) is 2.88. The largest absolute Gasteiger partial charge is 0.326 e. The van der Waals surface area contributed by atoms with Gasteiger partial charge in [-0.25, -0.2) is 0 Å². The number of anilines is 1. The molecule has 0 aliphatic rings. The van der Waals surface area contributed by atoms with Crippen LogP contribution < -0.4 is 5.32 Å². The van der Waals surface area contributed by atoms with Crippen LogP contribution in [0.2, 0.25) is 0 Å². The van der Waals surface area contributed by atoms with Crippen LogP contribution in [-0.4, -0.2) is 5.91 Å². The average Bonchev–Trinajstić information content (AvgIpc) is 2.20. The van der Waals surface area contributed by atoms with Crippen LogP contribution in [0.5, 0.6) is 0 Å². The lowest BCUT2D eigenvalue weighted by atomic mass is 10.1. The number of carbonyl (C=O) groups excluding carboxylic acids is 1. The van der Waals surface area contributed by atoms with Crippen LogP contribution in [0.3, 0.4) is 0 Å². The van der Waals surface area contributed by atoms with Gasteiger partial charge in [-0.3, -0.25) is 4.79 Å². The summed E-state index contributed by atoms with van der Waals surface area (Å²) in [6, 6.07) is 5.90. The molecule has 0 heterocycles. The molecule has 0 fully saturated rings. The summed E-state index contributed by atoms with van der Waals surface area (Å²) >= 11 is 3.41. The van der Waals surface area contributed by atoms with E-state index in [1.165, 1.54) is 0 Å². The number of rotatable bonds is 3. The second-order valence-corrected chi connectivity index (χ2v) is 3.97. The first kappa shape index (κ1) is 11.2. The van der Waals surface area contributed by atoms with Crippen molar-refractivity contribution in [3.63, 3.8) is 0 Å². The molecule has 1 amide bonds. The Morgan fingerprint density at radius 3 is 2.71 bits per heavy atom. The third-order valence-corrected chi connectivity index (χ3v) is 2.54. The standard InChI is InChI=1S/C11H14BrNO/c1-3-8-7-9(12)5-6-10(8)13-11(14)4-2/h5-7H,3-4H2,1-2H3,(H,13,14). The number of amides is 1. The van der Waals surface area contributed by atoms with E-state index in [4.69, 9.17) is 0 Å². The maximum atomic E-state index is 11.2. The predicted octanol–water partition coefficient (Wildman–Crippen LogP) is 3.36. The van der Waals surface area contributed by atoms with Gasteiger partial charge < -0.3 is 5.32 Å². The predicted molar refractivity (Wildman–Crippen MR) is 62.4 cm³/mol. The fourth-order valence-electron chi connectivity index (χ4n) is 1.22. The van der Waals surface area contributed by atoms with Gasteiger partial charge in [0, 0.05) is 16.6 Å². The first-order chi connectivity index (χ1) is 6.67. The molecular weight excluding hydrogens is 242 g/mol. The molecule has 0 unspecified atom stereocenters. The lowest BCUT2D eigenvalue weighted by molar-refractivity contribution is -0.115. The highest BCUT2D eigenvalue weighted by atomic mass is 79.9. The summed E-state index contributed by atoms with van der Waals surface area (Å²) in [5.74, 6) is 0.0574. The van der Waals surface area contributed by atoms with Crippen LogP contribution in [0.4, 0.5) is 5.69 Å². The van der Waals surface area contributed by atoms with Crippen LogP contribution in [0.15, 0.2) is 22.7 Å². The second kappa shape index (κ2) is 5.15. The molecule has 1 N–H and O–H groups in total. The third kappa shape index (κ3) is 2.84. The molecule has 76 valence electrons. The summed E-state index contributed by atoms with van der Waals surface area (Å²) < 4.78 is 1.05. The molecule has 1 aromatic rings. The molecule has 14 heavy (non-hydrogen) atoms. The summed E-state index contributed by atoms with van der Waals surface area (Å²) in [5.41, 5.74) is 2.07. The molecule has 0 aromatic heterocycles. The fraction of sp³-hybridized carbons (Fsp3) is 0.364. The molecule has 0 aliphatic carbocycles. The molecule has 0 saturated carbocycles. The summed E-state index contributed by atoms with van der Waals surface area (Å²) in [7, 11) is 0. The van der Waals surface area contributed by atoms with E-state index in [1.807, 2.05) is 25.1 Å². The third-order valence-electron chi connectivity index (χ3n) is 2.04. The van der Waals surface area contributed by atoms with Crippen molar-refractivity contribution in [2.24, 2.45) is 0 Å². The number of benzene rings is 1. The van der Waals surface area contributed by atoms with Gasteiger partial charge in [0.2, 0.25) is 5.91 Å². The first-order valence-electron chi connectivity index (χ1n) is 4.75. The van der Waals surface area contributed by atoms with E-state index in [0.29, 0.717) is 6.42 Å². The van der Waals surface area contributed by atoms with Gasteiger partial charge >= 0.3 is 0 Å². The Morgan fingerprint density at radius 2 is 2.14 bits per heavy atom. The lowest BCUT2D eigenvalue weighted by Crippen LogP contribution is -2.10. The second-order valence-electron chi connectivity index (χ2n) is 3.06. The number of halogens is 1. The van der Waals surface area contributed by atoms with Gasteiger partial charge in [-0.1, -0.05) is 29.8 Å². The van der Waals surface area contributed by atoms with E-state index >= 15 is 0 Å². The number of hydrogen-bond acceptors (Lipinski definition) is 1. The monoisotopic (exact) mass is 255 g/mol. The van der Waals surface area contributed by atoms with E-state index in [-0.39, 0.29) is 5.91 Å². The molecule has 0 radical (unpaired) electrons. The minimum absolute atomic E-state index is 0.0574. The molecular formula is C11H14BrNO. The topological polar surface area (TPSA) is 29.1 Å². The first-order valence-corrected chi connectivity index (χ1v) is 5.55. The SMILES string of the molecule is CCC(=O)Nc1ccc(Br)cc1CC. The normalized spacial score (nSPS) is 9.93. The van der Waals surface area contributed by atoms with Crippen LogP contribution >= 0.6 is 15.9 Å². The van der Waals surface area contributed by atoms with E-state index < -0.39 is 0 Å². The van der Waals surface area contributed by atoms with Crippen molar-refractivity contribution >= 4 is 27.5 Å². The van der Waals surface area contributed by atoms with Gasteiger partial charge in [0.15, 0.2) is 0 Å². The smallest absolute Gasteiger partial charge is 0.224 e. The van der Waals surface area contributed by atoms with Gasteiger partial charge in [0.25, 0.3) is 0 Å². The minimum atomic E-state index is 0.0574. The van der Waals surface area contributed by atoms with Gasteiger partial charge in [-0.05, 0) is 30.2 Å². The molecule has 0 saturated heterocycles. The maximum Gasteiger partial charge on any atom is 0.224 e. The Hall–Kier alpha value is -0.830. The van der Waals surface area contributed by atoms with E-state index in [9.17, 15) is 4.79 Å². The molecule has 1 rings (SSSR count). The van der Waals surface area contributed by atoms with Crippen LogP contribution in [0, 0.1) is 0 Å². The number of nitrogens with one attached hydrogen (secondary N) is 1. The molecule has 0 aliphatic heterocycles. The zero-order chi connectivity index (χ0) is 10.6. The van der Waals surface area contributed by atoms with Crippen LogP contribution in [0.25, 0.3) is 0 Å². The summed E-state index contributed by atoms with van der Waals surface area (Å²) in [6.45, 7) is 3.92. The van der Waals surface area contributed by atoms with Gasteiger partial charge in [0.05, 0.1) is 0 Å². The molecule has 0 atom stereocenters. The maximum absolute atomic E-state index is 11.2. The lowest BCUT2D eigenvalue weighted by Gasteiger charge is -2.09. The zero-order valence-electron chi connectivity index (χ0n) is 8.43. The molecule has 0 bridgehead atoms. The molecule has 1 aromatic carbocycles. The van der Waals surface area contributed by atoms with Gasteiger partial charge in [-0.2, -0.15) is 0 Å². The van der Waals surface area contributed by atoms with Crippen molar-refractivity contribution < 1.29 is 4.79 Å². The Morgan fingerprint density at radius 1 is 1.43 bits per heavy atom. The highest BCUT2D eigenvalue weighted by Gasteiger charge is 2.04. The van der Waals surface area contributed by atoms with Gasteiger partial charge in [0.1, 0.15) is 0 Å². The number of hydrogen-bond donors (Lipinski definition) is 1. The van der Waals surface area contributed by atoms with Crippen molar-refractivity contribution in [1.29, 1.82) is 0 Å². The number of carbonyl (C=O) groups is 1. The van der Waals surface area contributed by atoms with Crippen molar-refractivity contribution in [1.82, 2.24) is 0 Å². The Bertz CT molecular complexity index is 336. The van der Waals surface area contributed by atoms with Crippen molar-refractivity contribution in [3.8, 4) is 0 Å². The average molecular weight is 256 g/mol. The van der Waals surface area contributed by atoms with Crippen molar-refractivity contribution in [3.05, 3.63) is 28.2 Å². The zero-order valence-corrected chi connectivity index (χ0v) is 10.0. The van der Waals surface area contributed by atoms with Gasteiger partial charge in [-0.15, -0.1) is 0 Å². The Kier molecular flexibility index (Phi) is 4.14. The highest BCUT2D eigenvalue weighted by Crippen LogP contribution is 2.21. The van der Waals surface area contributed by atoms with Crippen molar-refractivity contribution in [2.75, 3.05) is 5.32 Å². The fourth-order valence-corrected chi connectivity index (χ4v) is 1.62. The summed E-state index contributed by atoms with van der Waals surface area (Å²) in [6.07, 6.45) is 1.43. The van der Waals surface area contributed by atoms with Crippen LogP contribution in [0.1, 0.15) is 25.8 Å². The molecule has 2 nitrogen and oxygen atoms in total. The molecule has 0 spiro atoms. The van der Waals surface area contributed by atoms with E-state index in [1.54, 1.807) is 0 Å². The highest BCUT2D eigenvalue weighted by molar-refractivity contribution is 9.10. The quantitative estimate of drug-likeness (QED) is 0.882. The summed E-state index contributed by atoms with van der Waals surface area (Å²) in [4.78, 5) is 11.2. The minimum Gasteiger partial charge on any atom is -0.326 e. The van der Waals surface area contributed by atoms with E-state index in [2.05, 4.69) is 28.2 Å². The number of aryl methyl sites for hydroxylation is 1. The van der Waals surface area contributed by atoms with E-state index in [0.717, 1.165) is 22.1 Å². The van der Waals surface area contributed by atoms with Crippen LogP contribution in [-0.2, 0) is 11.2 Å². The van der Waals surface area contributed by atoms with Crippen molar-refractivity contribution in [2.45, 2.75) is 26.7 Å². The molecule has 3 heteroatoms.